The number of nitrogens with one attached hydrogen (secondary N) is 1. The van der Waals surface area contributed by atoms with Gasteiger partial charge < -0.3 is 5.32 Å². The number of anilines is 1. The predicted molar refractivity (Wildman–Crippen MR) is 101 cm³/mol. The SMILES string of the molecule is Cc1nnnn1-c1ccc(F)c(NC(=O)CSc2ccc(C(F)(F)F)cc2[N+](=O)[O-])c1. The van der Waals surface area contributed by atoms with Crippen LogP contribution in [-0.4, -0.2) is 36.8 Å². The van der Waals surface area contributed by atoms with Crippen LogP contribution in [0.25, 0.3) is 5.69 Å². The first kappa shape index (κ1) is 22.1. The first-order valence-corrected chi connectivity index (χ1v) is 9.38. The number of nitrogens with zero attached hydrogens (tertiary/aromatic N) is 5. The van der Waals surface area contributed by atoms with Crippen molar-refractivity contribution in [3.05, 3.63) is 63.7 Å². The van der Waals surface area contributed by atoms with E-state index in [0.29, 0.717) is 35.4 Å². The van der Waals surface area contributed by atoms with E-state index in [1.165, 1.54) is 16.8 Å². The Morgan fingerprint density at radius 2 is 2.00 bits per heavy atom. The lowest BCUT2D eigenvalue weighted by molar-refractivity contribution is -0.388. The van der Waals surface area contributed by atoms with E-state index in [0.717, 1.165) is 12.1 Å². The number of carbonyl (C=O) groups excluding carboxylic acids is 1. The number of alkyl halides is 3. The van der Waals surface area contributed by atoms with Gasteiger partial charge in [-0.25, -0.2) is 4.39 Å². The quantitative estimate of drug-likeness (QED) is 0.260. The molecule has 162 valence electrons. The molecular weight excluding hydrogens is 444 g/mol. The van der Waals surface area contributed by atoms with E-state index in [-0.39, 0.29) is 10.6 Å². The molecule has 0 fully saturated rings. The molecule has 2 aromatic carbocycles. The second kappa shape index (κ2) is 8.67. The molecule has 1 aromatic heterocycles. The normalized spacial score (nSPS) is 11.4. The van der Waals surface area contributed by atoms with Crippen LogP contribution in [0.4, 0.5) is 28.9 Å². The van der Waals surface area contributed by atoms with Gasteiger partial charge in [-0.15, -0.1) is 16.9 Å². The number of halogens is 4. The van der Waals surface area contributed by atoms with Gasteiger partial charge in [0.2, 0.25) is 5.91 Å². The maximum atomic E-state index is 14.1. The zero-order valence-electron chi connectivity index (χ0n) is 15.6. The van der Waals surface area contributed by atoms with Crippen LogP contribution in [0.15, 0.2) is 41.3 Å². The molecule has 0 aliphatic heterocycles. The van der Waals surface area contributed by atoms with Gasteiger partial charge in [0.25, 0.3) is 5.69 Å². The maximum absolute atomic E-state index is 14.1. The lowest BCUT2D eigenvalue weighted by atomic mass is 10.2. The molecule has 0 aliphatic carbocycles. The molecule has 0 saturated heterocycles. The van der Waals surface area contributed by atoms with E-state index in [9.17, 15) is 32.5 Å². The molecule has 0 unspecified atom stereocenters. The first-order chi connectivity index (χ1) is 14.6. The number of hydrogen-bond acceptors (Lipinski definition) is 7. The number of carbonyl (C=O) groups is 1. The minimum absolute atomic E-state index is 0.133. The van der Waals surface area contributed by atoms with Gasteiger partial charge >= 0.3 is 6.18 Å². The van der Waals surface area contributed by atoms with Gasteiger partial charge in [-0.2, -0.15) is 17.9 Å². The molecule has 1 heterocycles. The average molecular weight is 456 g/mol. The molecule has 9 nitrogen and oxygen atoms in total. The lowest BCUT2D eigenvalue weighted by Crippen LogP contribution is -2.16. The summed E-state index contributed by atoms with van der Waals surface area (Å²) in [4.78, 5) is 22.2. The minimum Gasteiger partial charge on any atom is -0.323 e. The van der Waals surface area contributed by atoms with Crippen molar-refractivity contribution >= 4 is 29.0 Å². The van der Waals surface area contributed by atoms with Crippen LogP contribution in [0.2, 0.25) is 0 Å². The molecule has 1 N–H and O–H groups in total. The van der Waals surface area contributed by atoms with Gasteiger partial charge in [0, 0.05) is 6.07 Å². The smallest absolute Gasteiger partial charge is 0.323 e. The summed E-state index contributed by atoms with van der Waals surface area (Å²) in [6, 6.07) is 5.79. The molecule has 0 saturated carbocycles. The number of rotatable bonds is 6. The number of amides is 1. The Kier molecular flexibility index (Phi) is 6.19. The summed E-state index contributed by atoms with van der Waals surface area (Å²) in [5.74, 6) is -1.44. The summed E-state index contributed by atoms with van der Waals surface area (Å²) in [5, 5.41) is 24.3. The second-order valence-corrected chi connectivity index (χ2v) is 7.09. The zero-order chi connectivity index (χ0) is 22.8. The number of nitro benzene ring substituents is 1. The fraction of sp³-hybridized carbons (Fsp3) is 0.176. The monoisotopic (exact) mass is 456 g/mol. The summed E-state index contributed by atoms with van der Waals surface area (Å²) < 4.78 is 53.7. The molecule has 0 spiro atoms. The summed E-state index contributed by atoms with van der Waals surface area (Å²) in [7, 11) is 0. The Morgan fingerprint density at radius 3 is 2.61 bits per heavy atom. The summed E-state index contributed by atoms with van der Waals surface area (Å²) in [6.45, 7) is 1.62. The van der Waals surface area contributed by atoms with E-state index in [1.807, 2.05) is 0 Å². The molecule has 0 atom stereocenters. The second-order valence-electron chi connectivity index (χ2n) is 6.08. The van der Waals surface area contributed by atoms with Crippen LogP contribution >= 0.6 is 11.8 Å². The minimum atomic E-state index is -4.74. The topological polar surface area (TPSA) is 116 Å². The van der Waals surface area contributed by atoms with Crippen molar-refractivity contribution in [3.8, 4) is 5.69 Å². The van der Waals surface area contributed by atoms with Gasteiger partial charge in [-0.1, -0.05) is 0 Å². The summed E-state index contributed by atoms with van der Waals surface area (Å²) in [6.07, 6.45) is -4.74. The van der Waals surface area contributed by atoms with Crippen molar-refractivity contribution in [2.75, 3.05) is 11.1 Å². The Labute approximate surface area is 175 Å². The van der Waals surface area contributed by atoms with Crippen molar-refractivity contribution in [2.45, 2.75) is 18.0 Å². The fourth-order valence-corrected chi connectivity index (χ4v) is 3.30. The van der Waals surface area contributed by atoms with E-state index < -0.39 is 39.8 Å². The maximum Gasteiger partial charge on any atom is 0.416 e. The average Bonchev–Trinajstić information content (AvgIpc) is 3.13. The van der Waals surface area contributed by atoms with Gasteiger partial charge in [-0.05, 0) is 47.7 Å². The third-order valence-electron chi connectivity index (χ3n) is 3.94. The predicted octanol–water partition coefficient (Wildman–Crippen LogP) is 3.77. The van der Waals surface area contributed by atoms with E-state index in [4.69, 9.17) is 0 Å². The molecular formula is C17H12F4N6O3S. The molecule has 0 aliphatic rings. The third-order valence-corrected chi connectivity index (χ3v) is 5.00. The van der Waals surface area contributed by atoms with Crippen LogP contribution in [0.3, 0.4) is 0 Å². The third kappa shape index (κ3) is 5.14. The van der Waals surface area contributed by atoms with Crippen LogP contribution in [0, 0.1) is 22.9 Å². The molecule has 3 rings (SSSR count). The molecule has 0 radical (unpaired) electrons. The molecule has 14 heteroatoms. The highest BCUT2D eigenvalue weighted by atomic mass is 32.2. The van der Waals surface area contributed by atoms with Crippen molar-refractivity contribution in [2.24, 2.45) is 0 Å². The van der Waals surface area contributed by atoms with Crippen molar-refractivity contribution < 1.29 is 27.3 Å². The van der Waals surface area contributed by atoms with Crippen LogP contribution in [-0.2, 0) is 11.0 Å². The van der Waals surface area contributed by atoms with E-state index in [2.05, 4.69) is 20.8 Å². The molecule has 31 heavy (non-hydrogen) atoms. The van der Waals surface area contributed by atoms with E-state index in [1.54, 1.807) is 6.92 Å². The summed E-state index contributed by atoms with van der Waals surface area (Å²) in [5.41, 5.74) is -1.76. The number of aromatic nitrogens is 4. The number of aryl methyl sites for hydroxylation is 1. The molecule has 1 amide bonds. The van der Waals surface area contributed by atoms with Gasteiger partial charge in [-0.3, -0.25) is 14.9 Å². The standard InChI is InChI=1S/C17H12F4N6O3S/c1-9-23-24-25-26(9)11-3-4-12(18)13(7-11)22-16(28)8-31-15-5-2-10(17(19,20)21)6-14(15)27(29)30/h2-7H,8H2,1H3,(H,22,28). The molecule has 3 aromatic rings. The van der Waals surface area contributed by atoms with Gasteiger partial charge in [0.05, 0.1) is 32.5 Å². The van der Waals surface area contributed by atoms with Crippen molar-refractivity contribution in [3.63, 3.8) is 0 Å². The first-order valence-electron chi connectivity index (χ1n) is 8.39. The Bertz CT molecular complexity index is 1150. The van der Waals surface area contributed by atoms with Crippen molar-refractivity contribution in [1.82, 2.24) is 20.2 Å². The van der Waals surface area contributed by atoms with Crippen LogP contribution < -0.4 is 5.32 Å². The van der Waals surface area contributed by atoms with Crippen LogP contribution in [0.5, 0.6) is 0 Å². The highest BCUT2D eigenvalue weighted by molar-refractivity contribution is 8.00. The zero-order valence-corrected chi connectivity index (χ0v) is 16.4. The largest absolute Gasteiger partial charge is 0.416 e. The number of nitro groups is 1. The fourth-order valence-electron chi connectivity index (χ4n) is 2.50. The van der Waals surface area contributed by atoms with Gasteiger partial charge in [0.1, 0.15) is 5.82 Å². The Morgan fingerprint density at radius 1 is 1.26 bits per heavy atom. The summed E-state index contributed by atoms with van der Waals surface area (Å²) >= 11 is 0.651. The highest BCUT2D eigenvalue weighted by Gasteiger charge is 2.33. The number of tetrazole rings is 1. The lowest BCUT2D eigenvalue weighted by Gasteiger charge is -2.10. The number of benzene rings is 2. The highest BCUT2D eigenvalue weighted by Crippen LogP contribution is 2.36. The van der Waals surface area contributed by atoms with Crippen molar-refractivity contribution in [1.29, 1.82) is 0 Å². The van der Waals surface area contributed by atoms with E-state index >= 15 is 0 Å². The number of thioether (sulfide) groups is 1. The van der Waals surface area contributed by atoms with Gasteiger partial charge in [0.15, 0.2) is 5.82 Å². The Hall–Kier alpha value is -3.55. The number of hydrogen-bond donors (Lipinski definition) is 1. The Balaban J connectivity index is 1.74. The molecule has 0 bridgehead atoms. The van der Waals surface area contributed by atoms with Crippen LogP contribution in [0.1, 0.15) is 11.4 Å².